The number of halogens is 1. The number of carboxylic acid groups (broad SMARTS) is 1. The van der Waals surface area contributed by atoms with Gasteiger partial charge in [-0.1, -0.05) is 29.8 Å². The molecule has 1 heterocycles. The molecule has 0 atom stereocenters. The number of hydrogen-bond acceptors (Lipinski definition) is 4. The average Bonchev–Trinajstić information content (AvgIpc) is 2.57. The van der Waals surface area contributed by atoms with Gasteiger partial charge in [0.05, 0.1) is 12.0 Å². The first kappa shape index (κ1) is 17.0. The van der Waals surface area contributed by atoms with Crippen molar-refractivity contribution in [1.82, 2.24) is 0 Å². The number of benzene rings is 2. The number of rotatable bonds is 5. The minimum Gasteiger partial charge on any atom is -0.489 e. The molecule has 0 saturated carbocycles. The van der Waals surface area contributed by atoms with Crippen LogP contribution >= 0.6 is 11.6 Å². The van der Waals surface area contributed by atoms with Gasteiger partial charge in [-0.05, 0) is 30.7 Å². The molecule has 0 amide bonds. The summed E-state index contributed by atoms with van der Waals surface area (Å²) in [6, 6.07) is 12.5. The summed E-state index contributed by atoms with van der Waals surface area (Å²) in [4.78, 5) is 22.9. The molecule has 0 fully saturated rings. The second kappa shape index (κ2) is 6.99. The Labute approximate surface area is 148 Å². The van der Waals surface area contributed by atoms with Crippen molar-refractivity contribution in [2.24, 2.45) is 0 Å². The van der Waals surface area contributed by atoms with Crippen molar-refractivity contribution in [2.45, 2.75) is 20.0 Å². The highest BCUT2D eigenvalue weighted by molar-refractivity contribution is 6.31. The summed E-state index contributed by atoms with van der Waals surface area (Å²) in [7, 11) is 0. The quantitative estimate of drug-likeness (QED) is 0.698. The van der Waals surface area contributed by atoms with Crippen LogP contribution < -0.4 is 10.4 Å². The Kier molecular flexibility index (Phi) is 4.76. The van der Waals surface area contributed by atoms with E-state index in [9.17, 15) is 9.59 Å². The van der Waals surface area contributed by atoms with E-state index in [1.165, 1.54) is 0 Å². The maximum absolute atomic E-state index is 12.0. The van der Waals surface area contributed by atoms with Gasteiger partial charge in [0.1, 0.15) is 17.9 Å². The number of aliphatic carboxylic acids is 1. The van der Waals surface area contributed by atoms with Crippen molar-refractivity contribution in [1.29, 1.82) is 0 Å². The molecule has 3 aromatic rings. The highest BCUT2D eigenvalue weighted by Gasteiger charge is 2.14. The zero-order valence-corrected chi connectivity index (χ0v) is 14.2. The highest BCUT2D eigenvalue weighted by Crippen LogP contribution is 2.25. The SMILES string of the molecule is Cc1c(CC(=O)O)c(=O)oc2cc(OCc3ccccc3Cl)ccc12. The standard InChI is InChI=1S/C19H15ClO5/c1-11-14-7-6-13(24-10-12-4-2-3-5-16(12)20)8-17(14)25-19(23)15(11)9-18(21)22/h2-8H,9-10H2,1H3,(H,21,22). The Morgan fingerprint density at radius 2 is 2.00 bits per heavy atom. The third-order valence-corrected chi connectivity index (χ3v) is 4.31. The fourth-order valence-electron chi connectivity index (χ4n) is 2.60. The van der Waals surface area contributed by atoms with E-state index in [-0.39, 0.29) is 18.6 Å². The molecule has 25 heavy (non-hydrogen) atoms. The molecule has 128 valence electrons. The van der Waals surface area contributed by atoms with E-state index in [2.05, 4.69) is 0 Å². The van der Waals surface area contributed by atoms with Crippen LogP contribution in [0.5, 0.6) is 5.75 Å². The first-order valence-corrected chi connectivity index (χ1v) is 7.98. The molecule has 0 aliphatic heterocycles. The molecule has 5 nitrogen and oxygen atoms in total. The second-order valence-corrected chi connectivity index (χ2v) is 6.01. The van der Waals surface area contributed by atoms with E-state index in [0.717, 1.165) is 5.56 Å². The average molecular weight is 359 g/mol. The zero-order valence-electron chi connectivity index (χ0n) is 13.4. The van der Waals surface area contributed by atoms with Crippen LogP contribution in [-0.2, 0) is 17.8 Å². The Hall–Kier alpha value is -2.79. The fraction of sp³-hybridized carbons (Fsp3) is 0.158. The molecule has 2 aromatic carbocycles. The lowest BCUT2D eigenvalue weighted by Crippen LogP contribution is -2.14. The van der Waals surface area contributed by atoms with Gasteiger partial charge in [-0.15, -0.1) is 0 Å². The van der Waals surface area contributed by atoms with Crippen LogP contribution in [0.25, 0.3) is 11.0 Å². The van der Waals surface area contributed by atoms with Crippen molar-refractivity contribution >= 4 is 28.5 Å². The van der Waals surface area contributed by atoms with E-state index in [0.29, 0.717) is 27.3 Å². The summed E-state index contributed by atoms with van der Waals surface area (Å²) in [5.74, 6) is -0.546. The zero-order chi connectivity index (χ0) is 18.0. The van der Waals surface area contributed by atoms with Crippen LogP contribution in [-0.4, -0.2) is 11.1 Å². The monoisotopic (exact) mass is 358 g/mol. The maximum Gasteiger partial charge on any atom is 0.340 e. The first-order chi connectivity index (χ1) is 12.0. The van der Waals surface area contributed by atoms with Crippen molar-refractivity contribution in [3.05, 3.63) is 74.6 Å². The Morgan fingerprint density at radius 3 is 2.72 bits per heavy atom. The van der Waals surface area contributed by atoms with E-state index in [1.807, 2.05) is 18.2 Å². The molecule has 0 radical (unpaired) electrons. The van der Waals surface area contributed by atoms with Gasteiger partial charge in [0, 0.05) is 22.0 Å². The minimum absolute atomic E-state index is 0.157. The van der Waals surface area contributed by atoms with Gasteiger partial charge in [-0.2, -0.15) is 0 Å². The lowest BCUT2D eigenvalue weighted by molar-refractivity contribution is -0.136. The first-order valence-electron chi connectivity index (χ1n) is 7.60. The molecule has 0 saturated heterocycles. The Bertz CT molecular complexity index is 1010. The van der Waals surface area contributed by atoms with Gasteiger partial charge in [0.25, 0.3) is 0 Å². The van der Waals surface area contributed by atoms with Gasteiger partial charge < -0.3 is 14.3 Å². The lowest BCUT2D eigenvalue weighted by atomic mass is 10.0. The van der Waals surface area contributed by atoms with Crippen LogP contribution in [0, 0.1) is 6.92 Å². The summed E-state index contributed by atoms with van der Waals surface area (Å²) in [5, 5.41) is 10.2. The molecule has 1 aromatic heterocycles. The summed E-state index contributed by atoms with van der Waals surface area (Å²) < 4.78 is 11.0. The largest absolute Gasteiger partial charge is 0.489 e. The minimum atomic E-state index is -1.07. The van der Waals surface area contributed by atoms with Gasteiger partial charge in [-0.25, -0.2) is 4.79 Å². The summed E-state index contributed by atoms with van der Waals surface area (Å²) >= 11 is 6.10. The topological polar surface area (TPSA) is 76.7 Å². The predicted molar refractivity (Wildman–Crippen MR) is 94.3 cm³/mol. The number of hydrogen-bond donors (Lipinski definition) is 1. The normalized spacial score (nSPS) is 10.8. The maximum atomic E-state index is 12.0. The molecule has 0 bridgehead atoms. The molecule has 0 aliphatic rings. The summed E-state index contributed by atoms with van der Waals surface area (Å²) in [6.07, 6.45) is -0.366. The van der Waals surface area contributed by atoms with Crippen LogP contribution in [0.4, 0.5) is 0 Å². The molecular weight excluding hydrogens is 344 g/mol. The predicted octanol–water partition coefficient (Wildman–Crippen LogP) is 3.96. The number of fused-ring (bicyclic) bond motifs is 1. The van der Waals surface area contributed by atoms with Crippen LogP contribution in [0.1, 0.15) is 16.7 Å². The van der Waals surface area contributed by atoms with Gasteiger partial charge in [-0.3, -0.25) is 4.79 Å². The third kappa shape index (κ3) is 3.67. The van der Waals surface area contributed by atoms with Crippen LogP contribution in [0.3, 0.4) is 0 Å². The second-order valence-electron chi connectivity index (χ2n) is 5.60. The third-order valence-electron chi connectivity index (χ3n) is 3.94. The Morgan fingerprint density at radius 1 is 1.24 bits per heavy atom. The van der Waals surface area contributed by atoms with Crippen LogP contribution in [0.15, 0.2) is 51.7 Å². The van der Waals surface area contributed by atoms with Gasteiger partial charge in [0.2, 0.25) is 0 Å². The highest BCUT2D eigenvalue weighted by atomic mass is 35.5. The van der Waals surface area contributed by atoms with Crippen molar-refractivity contribution < 1.29 is 19.1 Å². The molecule has 0 aliphatic carbocycles. The number of carbonyl (C=O) groups is 1. The molecule has 1 N–H and O–H groups in total. The Balaban J connectivity index is 1.91. The molecule has 0 unspecified atom stereocenters. The van der Waals surface area contributed by atoms with Gasteiger partial charge >= 0.3 is 11.6 Å². The van der Waals surface area contributed by atoms with E-state index >= 15 is 0 Å². The van der Waals surface area contributed by atoms with Crippen molar-refractivity contribution in [3.63, 3.8) is 0 Å². The van der Waals surface area contributed by atoms with Gasteiger partial charge in [0.15, 0.2) is 0 Å². The van der Waals surface area contributed by atoms with E-state index < -0.39 is 11.6 Å². The van der Waals surface area contributed by atoms with E-state index in [1.54, 1.807) is 31.2 Å². The molecule has 6 heteroatoms. The summed E-state index contributed by atoms with van der Waals surface area (Å²) in [6.45, 7) is 1.99. The van der Waals surface area contributed by atoms with Crippen molar-refractivity contribution in [3.8, 4) is 5.75 Å². The molecule has 0 spiro atoms. The number of ether oxygens (including phenoxy) is 1. The van der Waals surface area contributed by atoms with Crippen LogP contribution in [0.2, 0.25) is 5.02 Å². The fourth-order valence-corrected chi connectivity index (χ4v) is 2.79. The summed E-state index contributed by atoms with van der Waals surface area (Å²) in [5.41, 5.74) is 1.32. The number of aryl methyl sites for hydroxylation is 1. The molecular formula is C19H15ClO5. The molecule has 3 rings (SSSR count). The lowest BCUT2D eigenvalue weighted by Gasteiger charge is -2.10. The number of carboxylic acids is 1. The van der Waals surface area contributed by atoms with Crippen molar-refractivity contribution in [2.75, 3.05) is 0 Å². The van der Waals surface area contributed by atoms with E-state index in [4.69, 9.17) is 25.9 Å². The smallest absolute Gasteiger partial charge is 0.340 e.